The molecular formula is C60H33AlN6O15S3. The van der Waals surface area contributed by atoms with Crippen molar-refractivity contribution in [2.75, 3.05) is 0 Å². The normalized spacial score (nSPS) is 12.2. The second-order valence-corrected chi connectivity index (χ2v) is 23.8. The van der Waals surface area contributed by atoms with Crippen molar-refractivity contribution < 1.29 is 38.9 Å². The van der Waals surface area contributed by atoms with Gasteiger partial charge in [0.1, 0.15) is 30.4 Å². The molecule has 0 fully saturated rings. The molecule has 21 nitrogen and oxygen atoms in total. The van der Waals surface area contributed by atoms with Gasteiger partial charge in [-0.25, -0.2) is 25.3 Å². The summed E-state index contributed by atoms with van der Waals surface area (Å²) in [7, 11) is -14.0. The Labute approximate surface area is 484 Å². The molecule has 0 aliphatic rings. The summed E-state index contributed by atoms with van der Waals surface area (Å²) in [5.74, 6) is 0. The summed E-state index contributed by atoms with van der Waals surface area (Å²) in [6.07, 6.45) is 0. The van der Waals surface area contributed by atoms with Crippen molar-refractivity contribution in [3.05, 3.63) is 225 Å². The number of rotatable bonds is 3. The summed E-state index contributed by atoms with van der Waals surface area (Å²) in [4.78, 5) is 94.5. The van der Waals surface area contributed by atoms with Crippen molar-refractivity contribution in [3.63, 3.8) is 0 Å². The molecule has 0 atom stereocenters. The fraction of sp³-hybridized carbons (Fsp3) is 0. The largest absolute Gasteiger partial charge is 3.00 e. The second-order valence-electron chi connectivity index (χ2n) is 19.7. The average Bonchev–Trinajstić information content (AvgIpc) is 3.67. The Hall–Kier alpha value is -9.94. The fourth-order valence-electron chi connectivity index (χ4n) is 10.6. The van der Waals surface area contributed by atoms with E-state index >= 15 is 0 Å². The number of aromatic amines is 6. The van der Waals surface area contributed by atoms with Crippen LogP contribution in [0.25, 0.3) is 131 Å². The van der Waals surface area contributed by atoms with E-state index in [-0.39, 0.29) is 66.0 Å². The van der Waals surface area contributed by atoms with Gasteiger partial charge in [0.05, 0.1) is 47.8 Å². The van der Waals surface area contributed by atoms with Gasteiger partial charge in [0.25, 0.3) is 0 Å². The Kier molecular flexibility index (Phi) is 13.2. The molecule has 0 radical (unpaired) electrons. The third-order valence-corrected chi connectivity index (χ3v) is 17.1. The molecule has 0 spiro atoms. The number of benzene rings is 9. The Balaban J connectivity index is 0.000000124. The van der Waals surface area contributed by atoms with Crippen LogP contribution in [0.4, 0.5) is 0 Å². The van der Waals surface area contributed by atoms with E-state index in [1.165, 1.54) is 18.2 Å². The summed E-state index contributed by atoms with van der Waals surface area (Å²) in [6, 6.07) is 41.5. The maximum Gasteiger partial charge on any atom is 3.00 e. The van der Waals surface area contributed by atoms with Crippen LogP contribution in [0.15, 0.2) is 207 Å². The van der Waals surface area contributed by atoms with Crippen LogP contribution in [-0.4, -0.2) is 86.2 Å². The number of pyridine rings is 6. The molecule has 0 saturated heterocycles. The predicted molar refractivity (Wildman–Crippen MR) is 323 cm³/mol. The first-order valence-electron chi connectivity index (χ1n) is 25.0. The maximum absolute atomic E-state index is 13.0. The van der Waals surface area contributed by atoms with Gasteiger partial charge in [-0.05, 0) is 127 Å². The van der Waals surface area contributed by atoms with E-state index in [1.807, 2.05) is 0 Å². The van der Waals surface area contributed by atoms with Gasteiger partial charge < -0.3 is 43.6 Å². The molecule has 15 rings (SSSR count). The van der Waals surface area contributed by atoms with Crippen molar-refractivity contribution in [1.82, 2.24) is 29.9 Å². The standard InChI is InChI=1S/3C20H12N2O5S.Al/c3*23-19-11-3-1-2-4-15(11)21-17-9-14-18(8-13(17)19)22-16-6-5-10(28(25,26)27)7-12(16)20(14)24;/h3*1-9H,(H,21,23)(H,22,24)(H,25,26,27);/q;;;+3/p-3. The Morgan fingerprint density at radius 1 is 0.224 bits per heavy atom. The molecule has 6 N–H and O–H groups in total. The fourth-order valence-corrected chi connectivity index (χ4v) is 12.1. The average molecular weight is 1200 g/mol. The summed E-state index contributed by atoms with van der Waals surface area (Å²) in [5.41, 5.74) is 4.17. The van der Waals surface area contributed by atoms with E-state index in [9.17, 15) is 67.7 Å². The van der Waals surface area contributed by atoms with Crippen LogP contribution in [0.5, 0.6) is 0 Å². The van der Waals surface area contributed by atoms with Crippen LogP contribution in [0.1, 0.15) is 0 Å². The monoisotopic (exact) mass is 1200 g/mol. The van der Waals surface area contributed by atoms with Crippen molar-refractivity contribution in [1.29, 1.82) is 0 Å². The number of para-hydroxylation sites is 3. The van der Waals surface area contributed by atoms with E-state index in [0.29, 0.717) is 98.5 Å². The molecule has 0 aliphatic heterocycles. The molecule has 0 bridgehead atoms. The molecule has 0 aliphatic carbocycles. The first-order valence-corrected chi connectivity index (χ1v) is 29.2. The van der Waals surface area contributed by atoms with Crippen LogP contribution in [0, 0.1) is 0 Å². The molecule has 9 aromatic carbocycles. The number of H-pyrrole nitrogens is 6. The zero-order valence-corrected chi connectivity index (χ0v) is 46.6. The van der Waals surface area contributed by atoms with Gasteiger partial charge in [-0.15, -0.1) is 0 Å². The maximum atomic E-state index is 13.0. The minimum Gasteiger partial charge on any atom is -0.744 e. The van der Waals surface area contributed by atoms with Gasteiger partial charge in [-0.3, -0.25) is 28.8 Å². The first kappa shape index (κ1) is 55.6. The van der Waals surface area contributed by atoms with Gasteiger partial charge in [-0.2, -0.15) is 0 Å². The first-order chi connectivity index (χ1) is 40.0. The number of fused-ring (bicyclic) bond motifs is 12. The molecular weight excluding hydrogens is 1170 g/mol. The molecule has 6 heterocycles. The van der Waals surface area contributed by atoms with Crippen LogP contribution >= 0.6 is 0 Å². The Bertz CT molecular complexity index is 5660. The number of nitrogens with one attached hydrogen (secondary N) is 6. The van der Waals surface area contributed by atoms with E-state index < -0.39 is 61.3 Å². The van der Waals surface area contributed by atoms with Gasteiger partial charge in [0.15, 0.2) is 32.6 Å². The summed E-state index contributed by atoms with van der Waals surface area (Å²) >= 11 is 0. The van der Waals surface area contributed by atoms with Crippen LogP contribution in [0.3, 0.4) is 0 Å². The minimum absolute atomic E-state index is 0. The molecule has 0 amide bonds. The predicted octanol–water partition coefficient (Wildman–Crippen LogP) is 7.36. The molecule has 15 aromatic rings. The molecule has 0 saturated carbocycles. The van der Waals surface area contributed by atoms with Gasteiger partial charge in [-0.1, -0.05) is 36.4 Å². The molecule has 414 valence electrons. The topological polar surface area (TPSA) is 369 Å². The summed E-state index contributed by atoms with van der Waals surface area (Å²) in [6.45, 7) is 0. The SMILES string of the molecule is O=c1c2ccccc2[nH]c2cc3c(=O)c4cc(S(=O)(=O)[O-])ccc4[nH]c3cc12.O=c1c2ccccc2[nH]c2cc3c(=O)c4cc(S(=O)(=O)[O-])ccc4[nH]c3cc12.O=c1c2ccccc2[nH]c2cc3c(=O)c4cc(S(=O)(=O)[O-])ccc4[nH]c3cc12.[Al+3]. The zero-order valence-electron chi connectivity index (χ0n) is 43.0. The molecule has 0 unspecified atom stereocenters. The van der Waals surface area contributed by atoms with Crippen LogP contribution < -0.4 is 32.6 Å². The van der Waals surface area contributed by atoms with Crippen LogP contribution in [-0.2, 0) is 30.4 Å². The van der Waals surface area contributed by atoms with E-state index in [4.69, 9.17) is 0 Å². The smallest absolute Gasteiger partial charge is 0.744 e. The summed E-state index contributed by atoms with van der Waals surface area (Å²) in [5, 5.41) is 4.04. The number of hydrogen-bond donors (Lipinski definition) is 6. The minimum atomic E-state index is -4.68. The second kappa shape index (κ2) is 20.2. The number of aromatic nitrogens is 6. The van der Waals surface area contributed by atoms with Gasteiger partial charge >= 0.3 is 17.4 Å². The van der Waals surface area contributed by atoms with Crippen molar-refractivity contribution in [2.24, 2.45) is 0 Å². The summed E-state index contributed by atoms with van der Waals surface area (Å²) < 4.78 is 102. The number of hydrogen-bond acceptors (Lipinski definition) is 15. The van der Waals surface area contributed by atoms with Crippen molar-refractivity contribution in [2.45, 2.75) is 14.7 Å². The third kappa shape index (κ3) is 9.61. The quantitative estimate of drug-likeness (QED) is 0.0571. The van der Waals surface area contributed by atoms with Crippen LogP contribution in [0.2, 0.25) is 0 Å². The van der Waals surface area contributed by atoms with Crippen molar-refractivity contribution >= 4 is 179 Å². The van der Waals surface area contributed by atoms with E-state index in [1.54, 1.807) is 109 Å². The Morgan fingerprint density at radius 3 is 0.612 bits per heavy atom. The van der Waals surface area contributed by atoms with Crippen molar-refractivity contribution in [3.8, 4) is 0 Å². The van der Waals surface area contributed by atoms with E-state index in [2.05, 4.69) is 29.9 Å². The third-order valence-electron chi connectivity index (χ3n) is 14.6. The van der Waals surface area contributed by atoms with Gasteiger partial charge in [0, 0.05) is 97.7 Å². The molecule has 25 heteroatoms. The molecule has 85 heavy (non-hydrogen) atoms. The molecule has 6 aromatic heterocycles. The van der Waals surface area contributed by atoms with E-state index in [0.717, 1.165) is 36.4 Å². The Morgan fingerprint density at radius 2 is 0.400 bits per heavy atom. The van der Waals surface area contributed by atoms with Gasteiger partial charge in [0.2, 0.25) is 0 Å². The zero-order chi connectivity index (χ0) is 58.9.